The van der Waals surface area contributed by atoms with Crippen LogP contribution in [-0.2, 0) is 9.53 Å². The van der Waals surface area contributed by atoms with Crippen molar-refractivity contribution in [3.05, 3.63) is 72.8 Å². The molecule has 162 valence electrons. The normalized spacial score (nSPS) is 11.0. The average Bonchev–Trinajstić information content (AvgIpc) is 2.75. The van der Waals surface area contributed by atoms with E-state index in [4.69, 9.17) is 13.6 Å². The largest absolute Gasteiger partial charge is 0.512 e. The average molecular weight is 427 g/mol. The van der Waals surface area contributed by atoms with Gasteiger partial charge >= 0.3 is 14.5 Å². The fourth-order valence-corrected chi connectivity index (χ4v) is 6.51. The van der Waals surface area contributed by atoms with Crippen LogP contribution in [0.5, 0.6) is 11.5 Å². The molecule has 30 heavy (non-hydrogen) atoms. The van der Waals surface area contributed by atoms with E-state index < -0.39 is 8.56 Å². The molecule has 4 nitrogen and oxygen atoms in total. The van der Waals surface area contributed by atoms with Crippen molar-refractivity contribution in [2.45, 2.75) is 58.0 Å². The molecule has 5 heteroatoms. The Kier molecular flexibility index (Phi) is 10.2. The third-order valence-corrected chi connectivity index (χ3v) is 8.24. The summed E-state index contributed by atoms with van der Waals surface area (Å²) < 4.78 is 18.5. The van der Waals surface area contributed by atoms with Crippen molar-refractivity contribution in [2.75, 3.05) is 6.61 Å². The van der Waals surface area contributed by atoms with Crippen molar-refractivity contribution in [3.63, 3.8) is 0 Å². The van der Waals surface area contributed by atoms with Crippen molar-refractivity contribution in [1.29, 1.82) is 0 Å². The van der Waals surface area contributed by atoms with Gasteiger partial charge in [-0.2, -0.15) is 0 Å². The van der Waals surface area contributed by atoms with Crippen LogP contribution in [-0.4, -0.2) is 21.1 Å². The van der Waals surface area contributed by atoms with Gasteiger partial charge in [0, 0.05) is 17.7 Å². The SMILES string of the molecule is C=C(C)C(=O)OCCC[Si](CCCCCC)(Oc1ccccc1)Oc1ccccc1. The van der Waals surface area contributed by atoms with Crippen LogP contribution >= 0.6 is 0 Å². The Morgan fingerprint density at radius 2 is 1.37 bits per heavy atom. The number of carbonyl (C=O) groups excluding carboxylic acids is 1. The van der Waals surface area contributed by atoms with Crippen LogP contribution in [0.25, 0.3) is 0 Å². The van der Waals surface area contributed by atoms with Crippen molar-refractivity contribution < 1.29 is 18.4 Å². The van der Waals surface area contributed by atoms with E-state index in [0.29, 0.717) is 18.6 Å². The Balaban J connectivity index is 2.17. The molecule has 0 fully saturated rings. The van der Waals surface area contributed by atoms with Crippen LogP contribution < -0.4 is 8.85 Å². The summed E-state index contributed by atoms with van der Waals surface area (Å²) in [5.41, 5.74) is 0.416. The Labute approximate surface area is 182 Å². The van der Waals surface area contributed by atoms with E-state index in [1.165, 1.54) is 12.8 Å². The second kappa shape index (κ2) is 12.9. The van der Waals surface area contributed by atoms with Crippen molar-refractivity contribution >= 4 is 14.5 Å². The molecule has 0 saturated heterocycles. The van der Waals surface area contributed by atoms with Gasteiger partial charge < -0.3 is 13.6 Å². The Bertz CT molecular complexity index is 720. The van der Waals surface area contributed by atoms with Crippen LogP contribution in [0.4, 0.5) is 0 Å². The van der Waals surface area contributed by atoms with E-state index in [2.05, 4.69) is 13.5 Å². The van der Waals surface area contributed by atoms with Crippen molar-refractivity contribution in [1.82, 2.24) is 0 Å². The molecule has 0 heterocycles. The molecule has 2 aromatic rings. The molecule has 0 aliphatic heterocycles. The van der Waals surface area contributed by atoms with E-state index in [0.717, 1.165) is 36.4 Å². The fourth-order valence-electron chi connectivity index (χ4n) is 3.21. The molecule has 0 atom stereocenters. The molecule has 0 radical (unpaired) electrons. The first-order valence-corrected chi connectivity index (χ1v) is 13.1. The minimum atomic E-state index is -2.64. The first-order chi connectivity index (χ1) is 14.5. The maximum atomic E-state index is 11.7. The molecule has 0 N–H and O–H groups in total. The lowest BCUT2D eigenvalue weighted by molar-refractivity contribution is -0.138. The van der Waals surface area contributed by atoms with Gasteiger partial charge in [0.25, 0.3) is 0 Å². The number of esters is 1. The topological polar surface area (TPSA) is 44.8 Å². The molecule has 0 spiro atoms. The van der Waals surface area contributed by atoms with E-state index in [-0.39, 0.29) is 5.97 Å². The standard InChI is InChI=1S/C25H34O4Si/c1-4-5-6-13-20-30(28-23-15-9-7-10-16-23,29-24-17-11-8-12-18-24)21-14-19-27-25(26)22(2)3/h7-12,15-18H,2,4-6,13-14,19-21H2,1,3H3. The summed E-state index contributed by atoms with van der Waals surface area (Å²) >= 11 is 0. The smallest absolute Gasteiger partial charge is 0.460 e. The molecule has 0 aliphatic rings. The van der Waals surface area contributed by atoms with E-state index in [1.807, 2.05) is 60.7 Å². The highest BCUT2D eigenvalue weighted by Gasteiger charge is 2.41. The molecule has 0 aliphatic carbocycles. The number of benzene rings is 2. The summed E-state index contributed by atoms with van der Waals surface area (Å²) in [7, 11) is -2.64. The summed E-state index contributed by atoms with van der Waals surface area (Å²) in [4.78, 5) is 11.7. The predicted molar refractivity (Wildman–Crippen MR) is 124 cm³/mol. The molecule has 0 bridgehead atoms. The van der Waals surface area contributed by atoms with Gasteiger partial charge in [0.15, 0.2) is 0 Å². The van der Waals surface area contributed by atoms with Gasteiger partial charge in [0.2, 0.25) is 0 Å². The lowest BCUT2D eigenvalue weighted by Crippen LogP contribution is -2.48. The molecule has 0 saturated carbocycles. The third-order valence-electron chi connectivity index (χ3n) is 4.79. The highest BCUT2D eigenvalue weighted by molar-refractivity contribution is 6.68. The van der Waals surface area contributed by atoms with Gasteiger partial charge in [-0.15, -0.1) is 0 Å². The molecule has 0 amide bonds. The van der Waals surface area contributed by atoms with Gasteiger partial charge in [-0.1, -0.05) is 69.2 Å². The molecule has 0 unspecified atom stereocenters. The molecular weight excluding hydrogens is 392 g/mol. The maximum absolute atomic E-state index is 11.7. The fraction of sp³-hybridized carbons (Fsp3) is 0.400. The van der Waals surface area contributed by atoms with Crippen LogP contribution in [0, 0.1) is 0 Å². The summed E-state index contributed by atoms with van der Waals surface area (Å²) in [5, 5.41) is 0. The van der Waals surface area contributed by atoms with Gasteiger partial charge in [-0.05, 0) is 44.0 Å². The number of carbonyl (C=O) groups is 1. The highest BCUT2D eigenvalue weighted by Crippen LogP contribution is 2.29. The van der Waals surface area contributed by atoms with Gasteiger partial charge in [-0.25, -0.2) is 4.79 Å². The van der Waals surface area contributed by atoms with E-state index >= 15 is 0 Å². The molecule has 0 aromatic heterocycles. The molecule has 2 rings (SSSR count). The second-order valence-corrected chi connectivity index (χ2v) is 10.8. The highest BCUT2D eigenvalue weighted by atomic mass is 28.4. The van der Waals surface area contributed by atoms with Gasteiger partial charge in [0.05, 0.1) is 6.61 Å². The van der Waals surface area contributed by atoms with E-state index in [9.17, 15) is 4.79 Å². The van der Waals surface area contributed by atoms with Crippen LogP contribution in [0.2, 0.25) is 12.1 Å². The first kappa shape index (κ1) is 23.7. The minimum absolute atomic E-state index is 0.339. The van der Waals surface area contributed by atoms with Crippen molar-refractivity contribution in [2.24, 2.45) is 0 Å². The maximum Gasteiger partial charge on any atom is 0.460 e. The Morgan fingerprint density at radius 1 is 0.833 bits per heavy atom. The van der Waals surface area contributed by atoms with E-state index in [1.54, 1.807) is 6.92 Å². The van der Waals surface area contributed by atoms with Crippen LogP contribution in [0.15, 0.2) is 72.8 Å². The summed E-state index contributed by atoms with van der Waals surface area (Å²) in [6.07, 6.45) is 5.30. The monoisotopic (exact) mass is 426 g/mol. The summed E-state index contributed by atoms with van der Waals surface area (Å²) in [6.45, 7) is 7.84. The lowest BCUT2D eigenvalue weighted by atomic mass is 10.2. The minimum Gasteiger partial charge on any atom is -0.512 e. The van der Waals surface area contributed by atoms with Crippen LogP contribution in [0.1, 0.15) is 46.0 Å². The number of hydrogen-bond donors (Lipinski definition) is 0. The van der Waals surface area contributed by atoms with Gasteiger partial charge in [0.1, 0.15) is 11.5 Å². The zero-order valence-corrected chi connectivity index (χ0v) is 19.3. The Morgan fingerprint density at radius 3 is 1.87 bits per heavy atom. The van der Waals surface area contributed by atoms with Crippen LogP contribution in [0.3, 0.4) is 0 Å². The zero-order chi connectivity index (χ0) is 21.7. The third kappa shape index (κ3) is 8.45. The first-order valence-electron chi connectivity index (χ1n) is 10.9. The number of hydrogen-bond acceptors (Lipinski definition) is 4. The lowest BCUT2D eigenvalue weighted by Gasteiger charge is -2.32. The number of para-hydroxylation sites is 2. The zero-order valence-electron chi connectivity index (χ0n) is 18.3. The molecule has 2 aromatic carbocycles. The number of rotatable bonds is 14. The molecular formula is C25H34O4Si. The quantitative estimate of drug-likeness (QED) is 0.146. The summed E-state index contributed by atoms with van der Waals surface area (Å²) in [5.74, 6) is 1.31. The number of ether oxygens (including phenoxy) is 1. The predicted octanol–water partition coefficient (Wildman–Crippen LogP) is 6.68. The number of unbranched alkanes of at least 4 members (excludes halogenated alkanes) is 3. The second-order valence-electron chi connectivity index (χ2n) is 7.57. The summed E-state index contributed by atoms with van der Waals surface area (Å²) in [6, 6.07) is 21.4. The Hall–Kier alpha value is -2.53. The van der Waals surface area contributed by atoms with Crippen molar-refractivity contribution in [3.8, 4) is 11.5 Å². The van der Waals surface area contributed by atoms with Gasteiger partial charge in [-0.3, -0.25) is 0 Å².